The smallest absolute Gasteiger partial charge is 0.214 e. The van der Waals surface area contributed by atoms with Gasteiger partial charge in [-0.1, -0.05) is 11.6 Å². The van der Waals surface area contributed by atoms with E-state index in [1.54, 1.807) is 13.8 Å². The Hall–Kier alpha value is -1.02. The molecule has 1 saturated carbocycles. The second-order valence-electron chi connectivity index (χ2n) is 9.14. The van der Waals surface area contributed by atoms with Crippen LogP contribution in [0, 0.1) is 5.92 Å². The van der Waals surface area contributed by atoms with E-state index in [1.165, 1.54) is 0 Å². The maximum atomic E-state index is 12.1. The molecule has 2 fully saturated rings. The largest absolute Gasteiger partial charge is 0.385 e. The lowest BCUT2D eigenvalue weighted by Gasteiger charge is -2.37. The number of nitrogens with zero attached hydrogens (tertiary/aromatic N) is 1. The Morgan fingerprint density at radius 1 is 1.13 bits per heavy atom. The summed E-state index contributed by atoms with van der Waals surface area (Å²) >= 11 is 6.60. The van der Waals surface area contributed by atoms with Crippen LogP contribution in [0.15, 0.2) is 18.2 Å². The predicted molar refractivity (Wildman–Crippen MR) is 125 cm³/mol. The van der Waals surface area contributed by atoms with Crippen LogP contribution < -0.4 is 14.9 Å². The average Bonchev–Trinajstić information content (AvgIpc) is 2.66. The van der Waals surface area contributed by atoms with E-state index in [4.69, 9.17) is 16.3 Å². The van der Waals surface area contributed by atoms with Crippen molar-refractivity contribution < 1.29 is 13.2 Å². The number of hydrogen-bond acceptors (Lipinski definition) is 5. The monoisotopic (exact) mass is 457 g/mol. The van der Waals surface area contributed by atoms with Gasteiger partial charge in [0.25, 0.3) is 0 Å². The number of halogens is 1. The molecule has 0 aromatic heterocycles. The Labute approximate surface area is 186 Å². The van der Waals surface area contributed by atoms with Crippen LogP contribution in [0.2, 0.25) is 5.02 Å². The number of morpholine rings is 1. The molecular formula is C22H36ClN3O3S. The summed E-state index contributed by atoms with van der Waals surface area (Å²) in [5.41, 5.74) is 2.09. The van der Waals surface area contributed by atoms with Gasteiger partial charge in [0.2, 0.25) is 10.0 Å². The minimum absolute atomic E-state index is 0.0701. The van der Waals surface area contributed by atoms with Gasteiger partial charge in [0, 0.05) is 31.4 Å². The van der Waals surface area contributed by atoms with E-state index in [1.807, 2.05) is 6.07 Å². The van der Waals surface area contributed by atoms with Gasteiger partial charge in [-0.3, -0.25) is 0 Å². The lowest BCUT2D eigenvalue weighted by atomic mass is 9.86. The topological polar surface area (TPSA) is 70.7 Å². The van der Waals surface area contributed by atoms with Crippen LogP contribution in [-0.4, -0.2) is 51.6 Å². The zero-order valence-corrected chi connectivity index (χ0v) is 20.1. The molecule has 6 nitrogen and oxygen atoms in total. The fraction of sp³-hybridized carbons (Fsp3) is 0.727. The van der Waals surface area contributed by atoms with Crippen molar-refractivity contribution >= 4 is 33.0 Å². The average molecular weight is 458 g/mol. The van der Waals surface area contributed by atoms with E-state index in [2.05, 4.69) is 40.9 Å². The molecular weight excluding hydrogens is 422 g/mol. The third-order valence-electron chi connectivity index (χ3n) is 6.10. The normalized spacial score (nSPS) is 28.0. The van der Waals surface area contributed by atoms with Gasteiger partial charge in [-0.25, -0.2) is 13.1 Å². The SMILES string of the molecule is CC1CN(c2ccc(NCC3CCC(NS(=O)(=O)C(C)C)CC3)cc2Cl)CC(C)O1. The fourth-order valence-electron chi connectivity index (χ4n) is 4.36. The highest BCUT2D eigenvalue weighted by molar-refractivity contribution is 7.90. The molecule has 2 aliphatic rings. The molecule has 2 atom stereocenters. The molecule has 1 aromatic rings. The predicted octanol–water partition coefficient (Wildman–Crippen LogP) is 4.25. The van der Waals surface area contributed by atoms with Crippen LogP contribution in [0.4, 0.5) is 11.4 Å². The van der Waals surface area contributed by atoms with E-state index < -0.39 is 10.0 Å². The van der Waals surface area contributed by atoms with Crippen LogP contribution in [0.3, 0.4) is 0 Å². The van der Waals surface area contributed by atoms with Crippen LogP contribution in [0.25, 0.3) is 0 Å². The molecule has 1 heterocycles. The number of nitrogens with one attached hydrogen (secondary N) is 2. The molecule has 1 aliphatic heterocycles. The highest BCUT2D eigenvalue weighted by Crippen LogP contribution is 2.32. The van der Waals surface area contributed by atoms with Gasteiger partial charge in [0.15, 0.2) is 0 Å². The zero-order chi connectivity index (χ0) is 21.9. The standard InChI is InChI=1S/C22H36ClN3O3S/c1-15(2)30(27,28)25-19-7-5-18(6-8-19)12-24-20-9-10-22(21(23)11-20)26-13-16(3)29-17(4)14-26/h9-11,15-19,24-25H,5-8,12-14H2,1-4H3. The van der Waals surface area contributed by atoms with Crippen molar-refractivity contribution in [1.29, 1.82) is 0 Å². The molecule has 1 aromatic carbocycles. The first-order chi connectivity index (χ1) is 14.1. The first-order valence-electron chi connectivity index (χ1n) is 11.1. The van der Waals surface area contributed by atoms with Crippen LogP contribution in [0.5, 0.6) is 0 Å². The van der Waals surface area contributed by atoms with E-state index >= 15 is 0 Å². The highest BCUT2D eigenvalue weighted by Gasteiger charge is 2.27. The number of hydrogen-bond donors (Lipinski definition) is 2. The van der Waals surface area contributed by atoms with Crippen molar-refractivity contribution in [2.75, 3.05) is 29.9 Å². The number of anilines is 2. The van der Waals surface area contributed by atoms with E-state index in [9.17, 15) is 8.42 Å². The summed E-state index contributed by atoms with van der Waals surface area (Å²) in [6.45, 7) is 10.2. The molecule has 2 N–H and O–H groups in total. The van der Waals surface area contributed by atoms with Crippen molar-refractivity contribution in [2.45, 2.75) is 76.9 Å². The minimum atomic E-state index is -3.19. The zero-order valence-electron chi connectivity index (χ0n) is 18.5. The summed E-state index contributed by atoms with van der Waals surface area (Å²) in [4.78, 5) is 2.30. The third-order valence-corrected chi connectivity index (χ3v) is 8.31. The van der Waals surface area contributed by atoms with Gasteiger partial charge in [0.1, 0.15) is 0 Å². The quantitative estimate of drug-likeness (QED) is 0.640. The summed E-state index contributed by atoms with van der Waals surface area (Å²) in [5.74, 6) is 0.546. The molecule has 170 valence electrons. The molecule has 0 bridgehead atoms. The maximum Gasteiger partial charge on any atom is 0.214 e. The molecule has 0 amide bonds. The molecule has 1 aliphatic carbocycles. The van der Waals surface area contributed by atoms with Gasteiger partial charge in [-0.2, -0.15) is 0 Å². The van der Waals surface area contributed by atoms with Gasteiger partial charge >= 0.3 is 0 Å². The molecule has 3 rings (SSSR count). The molecule has 0 radical (unpaired) electrons. The summed E-state index contributed by atoms with van der Waals surface area (Å²) in [6, 6.07) is 6.26. The second-order valence-corrected chi connectivity index (χ2v) is 11.8. The highest BCUT2D eigenvalue weighted by atomic mass is 35.5. The van der Waals surface area contributed by atoms with Crippen molar-refractivity contribution in [3.63, 3.8) is 0 Å². The second kappa shape index (κ2) is 10.1. The molecule has 30 heavy (non-hydrogen) atoms. The first kappa shape index (κ1) is 23.6. The van der Waals surface area contributed by atoms with Crippen molar-refractivity contribution in [1.82, 2.24) is 4.72 Å². The Balaban J connectivity index is 1.48. The minimum Gasteiger partial charge on any atom is -0.385 e. The van der Waals surface area contributed by atoms with E-state index in [0.29, 0.717) is 5.92 Å². The van der Waals surface area contributed by atoms with Gasteiger partial charge in [-0.05, 0) is 77.5 Å². The molecule has 8 heteroatoms. The van der Waals surface area contributed by atoms with Crippen LogP contribution in [-0.2, 0) is 14.8 Å². The number of rotatable bonds is 7. The van der Waals surface area contributed by atoms with Crippen LogP contribution in [0.1, 0.15) is 53.4 Å². The van der Waals surface area contributed by atoms with Crippen molar-refractivity contribution in [3.05, 3.63) is 23.2 Å². The van der Waals surface area contributed by atoms with Crippen molar-refractivity contribution in [2.24, 2.45) is 5.92 Å². The Morgan fingerprint density at radius 2 is 1.77 bits per heavy atom. The number of ether oxygens (including phenoxy) is 1. The van der Waals surface area contributed by atoms with Gasteiger partial charge in [-0.15, -0.1) is 0 Å². The van der Waals surface area contributed by atoms with Crippen LogP contribution >= 0.6 is 11.6 Å². The summed E-state index contributed by atoms with van der Waals surface area (Å²) in [7, 11) is -3.19. The van der Waals surface area contributed by atoms with E-state index in [-0.39, 0.29) is 23.5 Å². The molecule has 1 saturated heterocycles. The number of sulfonamides is 1. The van der Waals surface area contributed by atoms with Crippen molar-refractivity contribution in [3.8, 4) is 0 Å². The number of benzene rings is 1. The lowest BCUT2D eigenvalue weighted by molar-refractivity contribution is -0.00520. The molecule has 2 unspecified atom stereocenters. The summed E-state index contributed by atoms with van der Waals surface area (Å²) in [6.07, 6.45) is 4.23. The molecule has 0 spiro atoms. The van der Waals surface area contributed by atoms with Gasteiger partial charge < -0.3 is 15.0 Å². The van der Waals surface area contributed by atoms with E-state index in [0.717, 1.165) is 61.7 Å². The Kier molecular flexibility index (Phi) is 7.93. The lowest BCUT2D eigenvalue weighted by Crippen LogP contribution is -2.45. The summed E-state index contributed by atoms with van der Waals surface area (Å²) < 4.78 is 32.8. The van der Waals surface area contributed by atoms with Gasteiger partial charge in [0.05, 0.1) is 28.2 Å². The first-order valence-corrected chi connectivity index (χ1v) is 13.0. The maximum absolute atomic E-state index is 12.1. The Bertz CT molecular complexity index is 800. The Morgan fingerprint density at radius 3 is 2.33 bits per heavy atom. The third kappa shape index (κ3) is 6.25. The fourth-order valence-corrected chi connectivity index (χ4v) is 5.64. The summed E-state index contributed by atoms with van der Waals surface area (Å²) in [5, 5.41) is 3.89.